The summed E-state index contributed by atoms with van der Waals surface area (Å²) in [5, 5.41) is 9.06. The second kappa shape index (κ2) is 3.58. The predicted octanol–water partition coefficient (Wildman–Crippen LogP) is 0.644. The van der Waals surface area contributed by atoms with E-state index < -0.39 is 6.10 Å². The molecule has 1 aliphatic heterocycles. The van der Waals surface area contributed by atoms with Crippen LogP contribution in [0.15, 0.2) is 12.3 Å². The highest BCUT2D eigenvalue weighted by atomic mass is 16.7. The van der Waals surface area contributed by atoms with Crippen LogP contribution in [-0.2, 0) is 9.47 Å². The molecule has 1 N–H and O–H groups in total. The third-order valence-electron chi connectivity index (χ3n) is 1.32. The van der Waals surface area contributed by atoms with Crippen LogP contribution >= 0.6 is 0 Å². The molecular weight excluding hydrogens is 132 g/mol. The van der Waals surface area contributed by atoms with Crippen molar-refractivity contribution in [3.63, 3.8) is 0 Å². The molecule has 1 aliphatic rings. The number of hydrogen-bond acceptors (Lipinski definition) is 3. The van der Waals surface area contributed by atoms with Crippen LogP contribution in [0, 0.1) is 0 Å². The number of aliphatic hydroxyl groups excluding tert-OH is 1. The standard InChI is InChI=1S/C7H12O3/c1-2-9-7-5-6(8)3-4-10-7/h3-4,6-8H,2,5H2,1H3/t6-,7+/m1/s1. The van der Waals surface area contributed by atoms with Crippen LogP contribution in [0.3, 0.4) is 0 Å². The van der Waals surface area contributed by atoms with Gasteiger partial charge < -0.3 is 14.6 Å². The Bertz CT molecular complexity index is 122. The maximum Gasteiger partial charge on any atom is 0.201 e. The van der Waals surface area contributed by atoms with Gasteiger partial charge in [-0.25, -0.2) is 0 Å². The van der Waals surface area contributed by atoms with E-state index in [1.807, 2.05) is 6.92 Å². The van der Waals surface area contributed by atoms with E-state index in [0.29, 0.717) is 13.0 Å². The Hall–Kier alpha value is -0.540. The summed E-state index contributed by atoms with van der Waals surface area (Å²) in [5.41, 5.74) is 0. The molecule has 10 heavy (non-hydrogen) atoms. The lowest BCUT2D eigenvalue weighted by Gasteiger charge is -2.21. The van der Waals surface area contributed by atoms with Gasteiger partial charge in [-0.3, -0.25) is 0 Å². The molecule has 58 valence electrons. The third kappa shape index (κ3) is 2.01. The van der Waals surface area contributed by atoms with Crippen molar-refractivity contribution >= 4 is 0 Å². The van der Waals surface area contributed by atoms with Crippen LogP contribution in [-0.4, -0.2) is 24.1 Å². The van der Waals surface area contributed by atoms with E-state index in [4.69, 9.17) is 14.6 Å². The summed E-state index contributed by atoms with van der Waals surface area (Å²) in [7, 11) is 0. The van der Waals surface area contributed by atoms with Crippen molar-refractivity contribution < 1.29 is 14.6 Å². The number of aliphatic hydroxyl groups is 1. The molecule has 0 radical (unpaired) electrons. The fraction of sp³-hybridized carbons (Fsp3) is 0.714. The zero-order chi connectivity index (χ0) is 7.40. The highest BCUT2D eigenvalue weighted by Gasteiger charge is 2.16. The number of ether oxygens (including phenoxy) is 2. The molecule has 0 bridgehead atoms. The highest BCUT2D eigenvalue weighted by molar-refractivity contribution is 4.87. The molecule has 0 aromatic heterocycles. The molecule has 0 saturated carbocycles. The lowest BCUT2D eigenvalue weighted by Crippen LogP contribution is -2.24. The summed E-state index contributed by atoms with van der Waals surface area (Å²) in [4.78, 5) is 0. The lowest BCUT2D eigenvalue weighted by molar-refractivity contribution is -0.126. The summed E-state index contributed by atoms with van der Waals surface area (Å²) < 4.78 is 10.1. The van der Waals surface area contributed by atoms with E-state index in [9.17, 15) is 0 Å². The first-order chi connectivity index (χ1) is 4.83. The van der Waals surface area contributed by atoms with Crippen molar-refractivity contribution in [1.82, 2.24) is 0 Å². The smallest absolute Gasteiger partial charge is 0.201 e. The summed E-state index contributed by atoms with van der Waals surface area (Å²) in [5.74, 6) is 0. The summed E-state index contributed by atoms with van der Waals surface area (Å²) in [6.45, 7) is 2.51. The van der Waals surface area contributed by atoms with Gasteiger partial charge in [0.15, 0.2) is 0 Å². The monoisotopic (exact) mass is 144 g/mol. The third-order valence-corrected chi connectivity index (χ3v) is 1.32. The van der Waals surface area contributed by atoms with Crippen LogP contribution in [0.4, 0.5) is 0 Å². The quantitative estimate of drug-likeness (QED) is 0.618. The highest BCUT2D eigenvalue weighted by Crippen LogP contribution is 2.11. The van der Waals surface area contributed by atoms with Crippen LogP contribution < -0.4 is 0 Å². The van der Waals surface area contributed by atoms with E-state index >= 15 is 0 Å². The largest absolute Gasteiger partial charge is 0.473 e. The summed E-state index contributed by atoms with van der Waals surface area (Å²) >= 11 is 0. The first-order valence-electron chi connectivity index (χ1n) is 3.44. The van der Waals surface area contributed by atoms with E-state index in [2.05, 4.69) is 0 Å². The number of hydrogen-bond donors (Lipinski definition) is 1. The van der Waals surface area contributed by atoms with Crippen LogP contribution in [0.5, 0.6) is 0 Å². The maximum atomic E-state index is 9.06. The van der Waals surface area contributed by atoms with Gasteiger partial charge in [-0.1, -0.05) is 0 Å². The van der Waals surface area contributed by atoms with E-state index in [-0.39, 0.29) is 6.29 Å². The van der Waals surface area contributed by atoms with Gasteiger partial charge in [0.25, 0.3) is 0 Å². The second-order valence-corrected chi connectivity index (χ2v) is 2.15. The molecular formula is C7H12O3. The van der Waals surface area contributed by atoms with Gasteiger partial charge in [-0.2, -0.15) is 0 Å². The van der Waals surface area contributed by atoms with Crippen LogP contribution in [0.2, 0.25) is 0 Å². The van der Waals surface area contributed by atoms with Gasteiger partial charge in [0.2, 0.25) is 6.29 Å². The minimum atomic E-state index is -0.412. The van der Waals surface area contributed by atoms with Gasteiger partial charge in [0.1, 0.15) is 0 Å². The molecule has 0 fully saturated rings. The first-order valence-corrected chi connectivity index (χ1v) is 3.44. The Morgan fingerprint density at radius 3 is 3.20 bits per heavy atom. The Morgan fingerprint density at radius 1 is 1.80 bits per heavy atom. The molecule has 3 heteroatoms. The SMILES string of the molecule is CCO[C@@H]1C[C@H](O)C=CO1. The van der Waals surface area contributed by atoms with Gasteiger partial charge in [-0.15, -0.1) is 0 Å². The van der Waals surface area contributed by atoms with Gasteiger partial charge in [0, 0.05) is 13.0 Å². The van der Waals surface area contributed by atoms with Crippen molar-refractivity contribution in [2.24, 2.45) is 0 Å². The zero-order valence-corrected chi connectivity index (χ0v) is 5.99. The Morgan fingerprint density at radius 2 is 2.60 bits per heavy atom. The van der Waals surface area contributed by atoms with Crippen molar-refractivity contribution in [3.05, 3.63) is 12.3 Å². The average Bonchev–Trinajstić information content (AvgIpc) is 1.88. The van der Waals surface area contributed by atoms with Crippen molar-refractivity contribution in [2.45, 2.75) is 25.7 Å². The van der Waals surface area contributed by atoms with E-state index in [1.165, 1.54) is 6.26 Å². The second-order valence-electron chi connectivity index (χ2n) is 2.15. The molecule has 0 aromatic carbocycles. The average molecular weight is 144 g/mol. The molecule has 0 spiro atoms. The van der Waals surface area contributed by atoms with E-state index in [0.717, 1.165) is 0 Å². The number of rotatable bonds is 2. The molecule has 0 aromatic rings. The fourth-order valence-corrected chi connectivity index (χ4v) is 0.848. The molecule has 1 heterocycles. The Labute approximate surface area is 60.3 Å². The topological polar surface area (TPSA) is 38.7 Å². The van der Waals surface area contributed by atoms with Crippen LogP contribution in [0.25, 0.3) is 0 Å². The summed E-state index contributed by atoms with van der Waals surface area (Å²) in [6, 6.07) is 0. The van der Waals surface area contributed by atoms with Crippen molar-refractivity contribution in [3.8, 4) is 0 Å². The normalized spacial score (nSPS) is 31.8. The molecule has 3 nitrogen and oxygen atoms in total. The zero-order valence-electron chi connectivity index (χ0n) is 5.99. The lowest BCUT2D eigenvalue weighted by atomic mass is 10.2. The van der Waals surface area contributed by atoms with Crippen LogP contribution in [0.1, 0.15) is 13.3 Å². The van der Waals surface area contributed by atoms with Gasteiger partial charge >= 0.3 is 0 Å². The van der Waals surface area contributed by atoms with Crippen molar-refractivity contribution in [2.75, 3.05) is 6.61 Å². The molecule has 0 unspecified atom stereocenters. The van der Waals surface area contributed by atoms with Gasteiger partial charge in [-0.05, 0) is 13.0 Å². The van der Waals surface area contributed by atoms with Gasteiger partial charge in [0.05, 0.1) is 12.4 Å². The molecule has 0 aliphatic carbocycles. The van der Waals surface area contributed by atoms with Crippen molar-refractivity contribution in [1.29, 1.82) is 0 Å². The minimum absolute atomic E-state index is 0.259. The Balaban J connectivity index is 2.29. The maximum absolute atomic E-state index is 9.06. The molecule has 0 saturated heterocycles. The molecule has 0 amide bonds. The fourth-order valence-electron chi connectivity index (χ4n) is 0.848. The predicted molar refractivity (Wildman–Crippen MR) is 36.3 cm³/mol. The van der Waals surface area contributed by atoms with E-state index in [1.54, 1.807) is 6.08 Å². The Kier molecular flexibility index (Phi) is 2.71. The molecule has 2 atom stereocenters. The first kappa shape index (κ1) is 7.57. The summed E-state index contributed by atoms with van der Waals surface area (Å²) in [6.07, 6.45) is 2.95. The molecule has 1 rings (SSSR count). The minimum Gasteiger partial charge on any atom is -0.473 e.